The number of hydrogen-bond donors (Lipinski definition) is 0. The Bertz CT molecular complexity index is 148. The summed E-state index contributed by atoms with van der Waals surface area (Å²) in [6.45, 7) is 1.56. The first kappa shape index (κ1) is 9.16. The molecule has 0 saturated heterocycles. The number of rotatable bonds is 4. The Hall–Kier alpha value is -0.840. The van der Waals surface area contributed by atoms with Crippen molar-refractivity contribution in [2.45, 2.75) is 19.4 Å². The number of hydrogen-bond acceptors (Lipinski definition) is 4. The first-order valence-electron chi connectivity index (χ1n) is 2.58. The molecule has 0 aromatic heterocycles. The minimum atomic E-state index is -1.13. The van der Waals surface area contributed by atoms with Crippen molar-refractivity contribution in [2.24, 2.45) is 0 Å². The normalized spacial score (nSPS) is 12.2. The minimum absolute atomic E-state index is 0.198. The van der Waals surface area contributed by atoms with Crippen LogP contribution in [0.4, 0.5) is 0 Å². The molecule has 0 aromatic carbocycles. The van der Waals surface area contributed by atoms with E-state index < -0.39 is 16.4 Å². The predicted molar refractivity (Wildman–Crippen MR) is 33.0 cm³/mol. The van der Waals surface area contributed by atoms with Crippen molar-refractivity contribution >= 4 is 16.8 Å². The van der Waals surface area contributed by atoms with Gasteiger partial charge < -0.3 is 4.84 Å². The maximum Gasteiger partial charge on any atom is 0.295 e. The number of carbonyl (C=O) groups is 1. The molecule has 5 nitrogen and oxygen atoms in total. The summed E-state index contributed by atoms with van der Waals surface area (Å²) in [5, 5.41) is 7.76. The summed E-state index contributed by atoms with van der Waals surface area (Å²) in [6, 6.07) is 0. The van der Waals surface area contributed by atoms with Crippen LogP contribution in [0.15, 0.2) is 0 Å². The van der Waals surface area contributed by atoms with Gasteiger partial charge in [-0.1, -0.05) is 6.92 Å². The Morgan fingerprint density at radius 3 is 2.50 bits per heavy atom. The van der Waals surface area contributed by atoms with Crippen LogP contribution in [0.3, 0.4) is 0 Å². The van der Waals surface area contributed by atoms with Gasteiger partial charge in [0.15, 0.2) is 6.10 Å². The quantitative estimate of drug-likeness (QED) is 0.352. The van der Waals surface area contributed by atoms with E-state index in [0.29, 0.717) is 0 Å². The molecule has 0 radical (unpaired) electrons. The van der Waals surface area contributed by atoms with Crippen molar-refractivity contribution in [1.82, 2.24) is 0 Å². The molecule has 0 amide bonds. The molecule has 0 aliphatic rings. The van der Waals surface area contributed by atoms with Crippen molar-refractivity contribution in [2.75, 3.05) is 0 Å². The van der Waals surface area contributed by atoms with E-state index >= 15 is 0 Å². The second-order valence-electron chi connectivity index (χ2n) is 1.53. The fourth-order valence-electron chi connectivity index (χ4n) is 0.380. The average molecular weight is 168 g/mol. The Labute approximate surface area is 62.0 Å². The highest BCUT2D eigenvalue weighted by molar-refractivity contribution is 6.64. The van der Waals surface area contributed by atoms with Gasteiger partial charge >= 0.3 is 0 Å². The van der Waals surface area contributed by atoms with E-state index in [-0.39, 0.29) is 6.42 Å². The molecular weight excluding hydrogens is 162 g/mol. The Kier molecular flexibility index (Phi) is 3.71. The van der Waals surface area contributed by atoms with E-state index in [4.69, 9.17) is 11.6 Å². The molecule has 0 fully saturated rings. The van der Waals surface area contributed by atoms with Crippen LogP contribution in [0.1, 0.15) is 13.3 Å². The summed E-state index contributed by atoms with van der Waals surface area (Å²) in [6.07, 6.45) is -0.930. The highest BCUT2D eigenvalue weighted by Gasteiger charge is 2.17. The van der Waals surface area contributed by atoms with E-state index in [0.717, 1.165) is 0 Å². The van der Waals surface area contributed by atoms with Crippen molar-refractivity contribution in [1.29, 1.82) is 0 Å². The molecule has 6 heteroatoms. The molecule has 0 rings (SSSR count). The third kappa shape index (κ3) is 3.24. The average Bonchev–Trinajstić information content (AvgIpc) is 1.81. The standard InChI is InChI=1S/C4H6ClNO4/c1-2-3(4(5)7)10-6(8)9/h3H,2H2,1H3. The Morgan fingerprint density at radius 1 is 1.90 bits per heavy atom. The molecule has 0 spiro atoms. The minimum Gasteiger partial charge on any atom is -0.301 e. The van der Waals surface area contributed by atoms with Crippen LogP contribution in [-0.4, -0.2) is 16.4 Å². The molecule has 10 heavy (non-hydrogen) atoms. The summed E-state index contributed by atoms with van der Waals surface area (Å²) in [7, 11) is 0. The molecule has 0 heterocycles. The summed E-state index contributed by atoms with van der Waals surface area (Å²) in [5.41, 5.74) is 0. The third-order valence-corrected chi connectivity index (χ3v) is 1.08. The third-order valence-electron chi connectivity index (χ3n) is 0.837. The SMILES string of the molecule is CCC(O[N+](=O)[O-])C(=O)Cl. The zero-order valence-electron chi connectivity index (χ0n) is 5.24. The lowest BCUT2D eigenvalue weighted by Crippen LogP contribution is -2.22. The molecule has 0 aliphatic carbocycles. The van der Waals surface area contributed by atoms with Crippen molar-refractivity contribution in [3.63, 3.8) is 0 Å². The first-order valence-corrected chi connectivity index (χ1v) is 2.96. The van der Waals surface area contributed by atoms with Crippen molar-refractivity contribution < 1.29 is 14.7 Å². The molecule has 58 valence electrons. The zero-order valence-corrected chi connectivity index (χ0v) is 6.00. The Balaban J connectivity index is 3.83. The Morgan fingerprint density at radius 2 is 2.40 bits per heavy atom. The lowest BCUT2D eigenvalue weighted by Gasteiger charge is -2.04. The second kappa shape index (κ2) is 4.05. The summed E-state index contributed by atoms with van der Waals surface area (Å²) >= 11 is 4.92. The van der Waals surface area contributed by atoms with E-state index in [9.17, 15) is 14.9 Å². The van der Waals surface area contributed by atoms with Gasteiger partial charge in [0.1, 0.15) is 0 Å². The van der Waals surface area contributed by atoms with Gasteiger partial charge in [-0.2, -0.15) is 0 Å². The zero-order chi connectivity index (χ0) is 8.15. The summed E-state index contributed by atoms with van der Waals surface area (Å²) in [4.78, 5) is 23.8. The first-order chi connectivity index (χ1) is 4.57. The van der Waals surface area contributed by atoms with Crippen molar-refractivity contribution in [3.8, 4) is 0 Å². The molecular formula is C4H6ClNO4. The fraction of sp³-hybridized carbons (Fsp3) is 0.750. The number of nitrogens with zero attached hydrogens (tertiary/aromatic N) is 1. The molecule has 0 aliphatic heterocycles. The van der Waals surface area contributed by atoms with Gasteiger partial charge in [0.25, 0.3) is 10.3 Å². The second-order valence-corrected chi connectivity index (χ2v) is 1.90. The molecule has 0 saturated carbocycles. The topological polar surface area (TPSA) is 69.4 Å². The molecule has 1 atom stereocenters. The highest BCUT2D eigenvalue weighted by Crippen LogP contribution is 2.01. The van der Waals surface area contributed by atoms with Crippen LogP contribution in [-0.2, 0) is 9.63 Å². The van der Waals surface area contributed by atoms with Gasteiger partial charge in [0.2, 0.25) is 0 Å². The number of halogens is 1. The monoisotopic (exact) mass is 167 g/mol. The van der Waals surface area contributed by atoms with Gasteiger partial charge in [0.05, 0.1) is 0 Å². The largest absolute Gasteiger partial charge is 0.301 e. The van der Waals surface area contributed by atoms with E-state index in [1.54, 1.807) is 6.92 Å². The lowest BCUT2D eigenvalue weighted by molar-refractivity contribution is -0.764. The van der Waals surface area contributed by atoms with Crippen LogP contribution in [0.2, 0.25) is 0 Å². The number of carbonyl (C=O) groups excluding carboxylic acids is 1. The lowest BCUT2D eigenvalue weighted by atomic mass is 10.3. The van der Waals surface area contributed by atoms with Crippen LogP contribution < -0.4 is 0 Å². The maximum atomic E-state index is 10.2. The van der Waals surface area contributed by atoms with Gasteiger partial charge in [-0.25, -0.2) is 0 Å². The van der Waals surface area contributed by atoms with Crippen LogP contribution in [0, 0.1) is 10.1 Å². The molecule has 0 N–H and O–H groups in total. The van der Waals surface area contributed by atoms with Gasteiger partial charge in [0, 0.05) is 0 Å². The summed E-state index contributed by atoms with van der Waals surface area (Å²) < 4.78 is 0. The van der Waals surface area contributed by atoms with Gasteiger partial charge in [-0.3, -0.25) is 4.79 Å². The molecule has 1 unspecified atom stereocenters. The van der Waals surface area contributed by atoms with E-state index in [1.807, 2.05) is 0 Å². The van der Waals surface area contributed by atoms with E-state index in [2.05, 4.69) is 4.84 Å². The van der Waals surface area contributed by atoms with E-state index in [1.165, 1.54) is 0 Å². The fourth-order valence-corrected chi connectivity index (χ4v) is 0.574. The van der Waals surface area contributed by atoms with Crippen LogP contribution in [0.5, 0.6) is 0 Å². The highest BCUT2D eigenvalue weighted by atomic mass is 35.5. The molecule has 0 bridgehead atoms. The van der Waals surface area contributed by atoms with Gasteiger partial charge in [-0.05, 0) is 18.0 Å². The maximum absolute atomic E-state index is 10.2. The van der Waals surface area contributed by atoms with Gasteiger partial charge in [-0.15, -0.1) is 10.1 Å². The van der Waals surface area contributed by atoms with Crippen LogP contribution >= 0.6 is 11.6 Å². The smallest absolute Gasteiger partial charge is 0.295 e. The predicted octanol–water partition coefficient (Wildman–Crippen LogP) is 0.739. The van der Waals surface area contributed by atoms with Crippen molar-refractivity contribution in [3.05, 3.63) is 10.1 Å². The summed E-state index contributed by atoms with van der Waals surface area (Å²) in [5.74, 6) is 0. The van der Waals surface area contributed by atoms with Crippen LogP contribution in [0.25, 0.3) is 0 Å². The molecule has 0 aromatic rings.